The number of thiocarbonyl (C=S) groups is 1. The highest BCUT2D eigenvalue weighted by Gasteiger charge is 2.32. The van der Waals surface area contributed by atoms with E-state index in [9.17, 15) is 14.9 Å². The van der Waals surface area contributed by atoms with E-state index in [0.29, 0.717) is 88.1 Å². The molecule has 0 saturated carbocycles. The normalized spacial score (nSPS) is 13.6. The molecule has 1 aromatic heterocycles. The highest BCUT2D eigenvalue weighted by molar-refractivity contribution is 8.26. The molecule has 12 heteroatoms. The molecule has 1 aliphatic heterocycles. The molecule has 2 aromatic carbocycles. The molecule has 0 spiro atoms. The maximum Gasteiger partial charge on any atom is 0.270 e. The van der Waals surface area contributed by atoms with Gasteiger partial charge in [-0.25, -0.2) is 0 Å². The van der Waals surface area contributed by atoms with Crippen LogP contribution in [0.1, 0.15) is 41.2 Å². The van der Waals surface area contributed by atoms with Crippen molar-refractivity contribution in [3.8, 4) is 29.1 Å². The van der Waals surface area contributed by atoms with Crippen molar-refractivity contribution in [1.82, 2.24) is 9.47 Å². The standard InChI is InChI=1S/C34H38N4O6S2/c1-7-15-37-31(36-14-12-22-8-10-26(41-3)28(17-22)43-5)24(21(2)25(20-35)32(37)39)19-30-33(40)38(34(45)46-30)16-13-23-9-11-27(42-4)29(18-23)44-6/h8-11,17-19,36H,7,12-16H2,1-6H3/b30-19+. The number of nitrogens with one attached hydrogen (secondary N) is 1. The van der Waals surface area contributed by atoms with Crippen LogP contribution < -0.4 is 29.8 Å². The average Bonchev–Trinajstić information content (AvgIpc) is 3.34. The van der Waals surface area contributed by atoms with E-state index in [1.165, 1.54) is 11.8 Å². The van der Waals surface area contributed by atoms with Crippen LogP contribution in [0, 0.1) is 18.3 Å². The van der Waals surface area contributed by atoms with Crippen LogP contribution in [0.3, 0.4) is 0 Å². The summed E-state index contributed by atoms with van der Waals surface area (Å²) in [5.74, 6) is 2.84. The van der Waals surface area contributed by atoms with E-state index < -0.39 is 0 Å². The summed E-state index contributed by atoms with van der Waals surface area (Å²) < 4.78 is 23.6. The van der Waals surface area contributed by atoms with Crippen LogP contribution in [0.25, 0.3) is 6.08 Å². The van der Waals surface area contributed by atoms with Crippen LogP contribution >= 0.6 is 24.0 Å². The minimum Gasteiger partial charge on any atom is -0.493 e. The SMILES string of the molecule is CCCn1c(NCCc2ccc(OC)c(OC)c2)c(/C=C2/SC(=S)N(CCc3ccc(OC)c(OC)c3)C2=O)c(C)c(C#N)c1=O. The molecule has 0 aliphatic carbocycles. The van der Waals surface area contributed by atoms with Gasteiger partial charge in [0.25, 0.3) is 11.5 Å². The number of benzene rings is 2. The molecule has 0 radical (unpaired) electrons. The summed E-state index contributed by atoms with van der Waals surface area (Å²) in [5.41, 5.74) is 2.78. The second kappa shape index (κ2) is 15.7. The zero-order valence-electron chi connectivity index (χ0n) is 26.9. The maximum atomic E-state index is 13.7. The monoisotopic (exact) mass is 662 g/mol. The van der Waals surface area contributed by atoms with Gasteiger partial charge in [-0.3, -0.25) is 19.1 Å². The Balaban J connectivity index is 1.64. The molecule has 46 heavy (non-hydrogen) atoms. The molecule has 1 amide bonds. The third-order valence-corrected chi connectivity index (χ3v) is 9.07. The summed E-state index contributed by atoms with van der Waals surface area (Å²) in [7, 11) is 6.34. The van der Waals surface area contributed by atoms with Gasteiger partial charge in [0.15, 0.2) is 23.0 Å². The van der Waals surface area contributed by atoms with E-state index in [-0.39, 0.29) is 17.0 Å². The van der Waals surface area contributed by atoms with E-state index >= 15 is 0 Å². The van der Waals surface area contributed by atoms with Crippen LogP contribution in [0.2, 0.25) is 0 Å². The molecular formula is C34H38N4O6S2. The first-order valence-electron chi connectivity index (χ1n) is 14.8. The second-order valence-corrected chi connectivity index (χ2v) is 12.1. The Bertz CT molecular complexity index is 1760. The molecule has 2 heterocycles. The van der Waals surface area contributed by atoms with Crippen LogP contribution in [0.4, 0.5) is 5.82 Å². The predicted molar refractivity (Wildman–Crippen MR) is 185 cm³/mol. The summed E-state index contributed by atoms with van der Waals surface area (Å²) >= 11 is 6.83. The lowest BCUT2D eigenvalue weighted by Gasteiger charge is -2.20. The second-order valence-electron chi connectivity index (χ2n) is 10.5. The van der Waals surface area contributed by atoms with E-state index in [4.69, 9.17) is 31.2 Å². The van der Waals surface area contributed by atoms with Gasteiger partial charge in [-0.2, -0.15) is 5.26 Å². The van der Waals surface area contributed by atoms with Crippen LogP contribution in [-0.4, -0.2) is 61.2 Å². The Kier molecular flexibility index (Phi) is 11.7. The number of carbonyl (C=O) groups excluding carboxylic acids is 1. The minimum atomic E-state index is -0.366. The number of rotatable bonds is 14. The topological polar surface area (TPSA) is 115 Å². The highest BCUT2D eigenvalue weighted by atomic mass is 32.2. The molecule has 242 valence electrons. The van der Waals surface area contributed by atoms with Crippen LogP contribution in [0.15, 0.2) is 46.1 Å². The fourth-order valence-corrected chi connectivity index (χ4v) is 6.54. The van der Waals surface area contributed by atoms with Crippen LogP contribution in [0.5, 0.6) is 23.0 Å². The van der Waals surface area contributed by atoms with Gasteiger partial charge in [0.1, 0.15) is 21.8 Å². The summed E-state index contributed by atoms with van der Waals surface area (Å²) in [6, 6.07) is 13.5. The lowest BCUT2D eigenvalue weighted by atomic mass is 10.0. The fourth-order valence-electron chi connectivity index (χ4n) is 5.25. The van der Waals surface area contributed by atoms with Gasteiger partial charge in [-0.05, 0) is 73.2 Å². The molecule has 1 fully saturated rings. The van der Waals surface area contributed by atoms with Crippen molar-refractivity contribution in [2.45, 2.75) is 39.7 Å². The number of thioether (sulfide) groups is 1. The van der Waals surface area contributed by atoms with E-state index in [0.717, 1.165) is 11.1 Å². The van der Waals surface area contributed by atoms with E-state index in [1.807, 2.05) is 43.3 Å². The van der Waals surface area contributed by atoms with Crippen molar-refractivity contribution >= 4 is 46.1 Å². The zero-order valence-corrected chi connectivity index (χ0v) is 28.5. The molecule has 4 rings (SSSR count). The fraction of sp³-hybridized carbons (Fsp3) is 0.353. The van der Waals surface area contributed by atoms with Gasteiger partial charge in [-0.1, -0.05) is 43.0 Å². The first-order chi connectivity index (χ1) is 22.2. The number of amides is 1. The minimum absolute atomic E-state index is 0.0501. The number of nitriles is 1. The van der Waals surface area contributed by atoms with Gasteiger partial charge in [0.2, 0.25) is 0 Å². The van der Waals surface area contributed by atoms with Crippen molar-refractivity contribution < 1.29 is 23.7 Å². The van der Waals surface area contributed by atoms with E-state index in [1.54, 1.807) is 50.9 Å². The summed E-state index contributed by atoms with van der Waals surface area (Å²) in [4.78, 5) is 29.1. The van der Waals surface area contributed by atoms with Gasteiger partial charge < -0.3 is 24.3 Å². The quantitative estimate of drug-likeness (QED) is 0.174. The van der Waals surface area contributed by atoms with Crippen molar-refractivity contribution in [3.63, 3.8) is 0 Å². The molecule has 10 nitrogen and oxygen atoms in total. The Hall–Kier alpha value is -4.47. The van der Waals surface area contributed by atoms with Gasteiger partial charge in [0.05, 0.1) is 33.3 Å². The number of hydrogen-bond acceptors (Lipinski definition) is 10. The number of aromatic nitrogens is 1. The Morgan fingerprint density at radius 1 is 0.913 bits per heavy atom. The number of methoxy groups -OCH3 is 4. The van der Waals surface area contributed by atoms with Gasteiger partial charge in [0, 0.05) is 25.2 Å². The molecule has 0 atom stereocenters. The lowest BCUT2D eigenvalue weighted by Crippen LogP contribution is -2.30. The van der Waals surface area contributed by atoms with Gasteiger partial charge in [-0.15, -0.1) is 0 Å². The zero-order chi connectivity index (χ0) is 33.4. The third-order valence-electron chi connectivity index (χ3n) is 7.70. The maximum absolute atomic E-state index is 13.7. The van der Waals surface area contributed by atoms with Crippen molar-refractivity contribution in [2.24, 2.45) is 0 Å². The average molecular weight is 663 g/mol. The first-order valence-corrected chi connectivity index (χ1v) is 16.0. The number of ether oxygens (including phenoxy) is 4. The molecular weight excluding hydrogens is 625 g/mol. The Labute approximate surface area is 278 Å². The molecule has 0 bridgehead atoms. The Morgan fingerprint density at radius 2 is 1.50 bits per heavy atom. The summed E-state index contributed by atoms with van der Waals surface area (Å²) in [6.45, 7) is 4.97. The number of nitrogens with zero attached hydrogens (tertiary/aromatic N) is 3. The molecule has 0 unspecified atom stereocenters. The largest absolute Gasteiger partial charge is 0.493 e. The van der Waals surface area contributed by atoms with Crippen molar-refractivity contribution in [2.75, 3.05) is 46.8 Å². The number of carbonyl (C=O) groups is 1. The third kappa shape index (κ3) is 7.32. The molecule has 1 saturated heterocycles. The number of pyridine rings is 1. The number of anilines is 1. The van der Waals surface area contributed by atoms with Crippen LogP contribution in [-0.2, 0) is 24.2 Å². The van der Waals surface area contributed by atoms with Crippen molar-refractivity contribution in [3.05, 3.63) is 79.5 Å². The molecule has 3 aromatic rings. The molecule has 1 aliphatic rings. The predicted octanol–water partition coefficient (Wildman–Crippen LogP) is 5.57. The smallest absolute Gasteiger partial charge is 0.270 e. The number of hydrogen-bond donors (Lipinski definition) is 1. The summed E-state index contributed by atoms with van der Waals surface area (Å²) in [6.07, 6.45) is 3.60. The lowest BCUT2D eigenvalue weighted by molar-refractivity contribution is -0.122. The molecule has 1 N–H and O–H groups in total. The van der Waals surface area contributed by atoms with Gasteiger partial charge >= 0.3 is 0 Å². The highest BCUT2D eigenvalue weighted by Crippen LogP contribution is 2.36. The Morgan fingerprint density at radius 3 is 2.04 bits per heavy atom. The summed E-state index contributed by atoms with van der Waals surface area (Å²) in [5, 5.41) is 13.4. The first kappa shape index (κ1) is 34.4. The van der Waals surface area contributed by atoms with Crippen molar-refractivity contribution in [1.29, 1.82) is 5.26 Å². The van der Waals surface area contributed by atoms with E-state index in [2.05, 4.69) is 11.4 Å².